The van der Waals surface area contributed by atoms with Crippen LogP contribution in [0.2, 0.25) is 0 Å². The molecule has 0 atom stereocenters. The Bertz CT molecular complexity index is 485. The molecule has 1 aliphatic heterocycles. The van der Waals surface area contributed by atoms with Crippen LogP contribution in [-0.2, 0) is 4.79 Å². The monoisotopic (exact) mass is 261 g/mol. The Hall–Kier alpha value is -1.55. The van der Waals surface area contributed by atoms with Crippen molar-refractivity contribution >= 4 is 17.3 Å². The first-order valence-electron chi connectivity index (χ1n) is 6.87. The van der Waals surface area contributed by atoms with Crippen LogP contribution < -0.4 is 15.5 Å². The molecule has 0 spiro atoms. The summed E-state index contributed by atoms with van der Waals surface area (Å²) in [4.78, 5) is 16.1. The van der Waals surface area contributed by atoms with Crippen LogP contribution in [0.5, 0.6) is 0 Å². The van der Waals surface area contributed by atoms with Gasteiger partial charge in [0.25, 0.3) is 0 Å². The topological polar surface area (TPSA) is 49.6 Å². The van der Waals surface area contributed by atoms with Crippen molar-refractivity contribution in [2.45, 2.75) is 26.7 Å². The first-order valence-corrected chi connectivity index (χ1v) is 6.87. The summed E-state index contributed by atoms with van der Waals surface area (Å²) in [6, 6.07) is 4.31. The molecule has 0 aliphatic carbocycles. The largest absolute Gasteiger partial charge is 0.369 e. The van der Waals surface area contributed by atoms with E-state index in [-0.39, 0.29) is 5.91 Å². The highest BCUT2D eigenvalue weighted by Gasteiger charge is 2.23. The van der Waals surface area contributed by atoms with Crippen molar-refractivity contribution < 1.29 is 4.79 Å². The average Bonchev–Trinajstić information content (AvgIpc) is 2.50. The zero-order chi connectivity index (χ0) is 14.0. The Morgan fingerprint density at radius 2 is 1.84 bits per heavy atom. The van der Waals surface area contributed by atoms with Gasteiger partial charge in [0.1, 0.15) is 0 Å². The SMILES string of the molecule is Cc1cc2c(cc1C)N(C)C(=O)CCN2CCCN. The second-order valence-corrected chi connectivity index (χ2v) is 5.26. The molecule has 104 valence electrons. The van der Waals surface area contributed by atoms with Crippen LogP contribution in [0.15, 0.2) is 12.1 Å². The molecular formula is C15H23N3O. The number of carbonyl (C=O) groups excluding carboxylic acids is 1. The quantitative estimate of drug-likeness (QED) is 0.903. The van der Waals surface area contributed by atoms with Crippen LogP contribution in [-0.4, -0.2) is 32.6 Å². The van der Waals surface area contributed by atoms with E-state index in [0.29, 0.717) is 13.0 Å². The molecule has 0 bridgehead atoms. The van der Waals surface area contributed by atoms with Crippen molar-refractivity contribution in [2.24, 2.45) is 5.73 Å². The average molecular weight is 261 g/mol. The maximum Gasteiger partial charge on any atom is 0.228 e. The molecule has 1 aromatic rings. The number of anilines is 2. The highest BCUT2D eigenvalue weighted by molar-refractivity contribution is 5.98. The highest BCUT2D eigenvalue weighted by Crippen LogP contribution is 2.34. The molecule has 1 heterocycles. The third kappa shape index (κ3) is 2.73. The van der Waals surface area contributed by atoms with Gasteiger partial charge >= 0.3 is 0 Å². The predicted octanol–water partition coefficient (Wildman–Crippen LogP) is 1.83. The molecule has 0 aromatic heterocycles. The number of hydrogen-bond acceptors (Lipinski definition) is 3. The van der Waals surface area contributed by atoms with Crippen molar-refractivity contribution in [3.8, 4) is 0 Å². The van der Waals surface area contributed by atoms with Gasteiger partial charge in [0.15, 0.2) is 0 Å². The maximum absolute atomic E-state index is 12.1. The lowest BCUT2D eigenvalue weighted by molar-refractivity contribution is -0.118. The molecule has 4 nitrogen and oxygen atoms in total. The molecule has 4 heteroatoms. The number of amides is 1. The normalized spacial score (nSPS) is 15.5. The maximum atomic E-state index is 12.1. The lowest BCUT2D eigenvalue weighted by Crippen LogP contribution is -2.27. The van der Waals surface area contributed by atoms with Gasteiger partial charge in [-0.1, -0.05) is 0 Å². The lowest BCUT2D eigenvalue weighted by atomic mass is 10.1. The summed E-state index contributed by atoms with van der Waals surface area (Å²) < 4.78 is 0. The summed E-state index contributed by atoms with van der Waals surface area (Å²) in [7, 11) is 1.86. The van der Waals surface area contributed by atoms with Crippen LogP contribution in [0.4, 0.5) is 11.4 Å². The number of nitrogens with zero attached hydrogens (tertiary/aromatic N) is 2. The van der Waals surface area contributed by atoms with Crippen molar-refractivity contribution in [1.29, 1.82) is 0 Å². The number of hydrogen-bond donors (Lipinski definition) is 1. The smallest absolute Gasteiger partial charge is 0.228 e. The Balaban J connectivity index is 2.45. The Morgan fingerprint density at radius 1 is 1.21 bits per heavy atom. The summed E-state index contributed by atoms with van der Waals surface area (Å²) in [5, 5.41) is 0. The molecule has 2 N–H and O–H groups in total. The van der Waals surface area contributed by atoms with Crippen LogP contribution in [0.1, 0.15) is 24.0 Å². The predicted molar refractivity (Wildman–Crippen MR) is 79.8 cm³/mol. The minimum atomic E-state index is 0.180. The van der Waals surface area contributed by atoms with Gasteiger partial charge in [-0.05, 0) is 50.1 Å². The van der Waals surface area contributed by atoms with Gasteiger partial charge < -0.3 is 15.5 Å². The van der Waals surface area contributed by atoms with Gasteiger partial charge in [-0.3, -0.25) is 4.79 Å². The van der Waals surface area contributed by atoms with E-state index in [2.05, 4.69) is 30.9 Å². The van der Waals surface area contributed by atoms with E-state index in [9.17, 15) is 4.79 Å². The van der Waals surface area contributed by atoms with Gasteiger partial charge in [0.2, 0.25) is 5.91 Å². The Kier molecular flexibility index (Phi) is 4.10. The summed E-state index contributed by atoms with van der Waals surface area (Å²) in [6.45, 7) is 6.57. The standard InChI is InChI=1S/C15H23N3O/c1-11-9-13-14(10-12(11)2)18(7-4-6-16)8-5-15(19)17(13)3/h9-10H,4-8,16H2,1-3H3. The first-order chi connectivity index (χ1) is 9.04. The van der Waals surface area contributed by atoms with E-state index < -0.39 is 0 Å². The number of nitrogens with two attached hydrogens (primary N) is 1. The summed E-state index contributed by atoms with van der Waals surface area (Å²) >= 11 is 0. The van der Waals surface area contributed by atoms with Crippen molar-refractivity contribution in [3.63, 3.8) is 0 Å². The van der Waals surface area contributed by atoms with Crippen LogP contribution in [0.3, 0.4) is 0 Å². The van der Waals surface area contributed by atoms with Crippen molar-refractivity contribution in [3.05, 3.63) is 23.3 Å². The van der Waals surface area contributed by atoms with E-state index in [1.807, 2.05) is 7.05 Å². The second kappa shape index (κ2) is 5.61. The van der Waals surface area contributed by atoms with Crippen LogP contribution in [0, 0.1) is 13.8 Å². The fraction of sp³-hybridized carbons (Fsp3) is 0.533. The van der Waals surface area contributed by atoms with E-state index in [0.717, 1.165) is 30.9 Å². The second-order valence-electron chi connectivity index (χ2n) is 5.26. The fourth-order valence-electron chi connectivity index (χ4n) is 2.48. The van der Waals surface area contributed by atoms with Crippen molar-refractivity contribution in [2.75, 3.05) is 36.5 Å². The summed E-state index contributed by atoms with van der Waals surface area (Å²) in [6.07, 6.45) is 1.51. The molecule has 1 aliphatic rings. The lowest BCUT2D eigenvalue weighted by Gasteiger charge is -2.26. The minimum absolute atomic E-state index is 0.180. The molecule has 0 saturated carbocycles. The molecule has 0 radical (unpaired) electrons. The van der Waals surface area contributed by atoms with Crippen LogP contribution >= 0.6 is 0 Å². The van der Waals surface area contributed by atoms with E-state index in [1.54, 1.807) is 4.90 Å². The van der Waals surface area contributed by atoms with Crippen molar-refractivity contribution in [1.82, 2.24) is 0 Å². The van der Waals surface area contributed by atoms with Gasteiger partial charge in [-0.2, -0.15) is 0 Å². The van der Waals surface area contributed by atoms with E-state index in [4.69, 9.17) is 5.73 Å². The fourth-order valence-corrected chi connectivity index (χ4v) is 2.48. The van der Waals surface area contributed by atoms with E-state index >= 15 is 0 Å². The molecule has 1 amide bonds. The molecule has 0 saturated heterocycles. The highest BCUT2D eigenvalue weighted by atomic mass is 16.2. The van der Waals surface area contributed by atoms with E-state index in [1.165, 1.54) is 11.1 Å². The zero-order valence-corrected chi connectivity index (χ0v) is 12.1. The number of rotatable bonds is 3. The van der Waals surface area contributed by atoms with Gasteiger partial charge in [0, 0.05) is 26.6 Å². The molecule has 0 fully saturated rings. The van der Waals surface area contributed by atoms with Crippen LogP contribution in [0.25, 0.3) is 0 Å². The Morgan fingerprint density at radius 3 is 2.47 bits per heavy atom. The minimum Gasteiger partial charge on any atom is -0.369 e. The molecule has 19 heavy (non-hydrogen) atoms. The third-order valence-electron chi connectivity index (χ3n) is 3.89. The number of benzene rings is 1. The zero-order valence-electron chi connectivity index (χ0n) is 12.1. The van der Waals surface area contributed by atoms with Gasteiger partial charge in [-0.25, -0.2) is 0 Å². The molecule has 0 unspecified atom stereocenters. The number of fused-ring (bicyclic) bond motifs is 1. The third-order valence-corrected chi connectivity index (χ3v) is 3.89. The summed E-state index contributed by atoms with van der Waals surface area (Å²) in [5.41, 5.74) is 10.3. The summed E-state index contributed by atoms with van der Waals surface area (Å²) in [5.74, 6) is 0.180. The molecule has 2 rings (SSSR count). The molecule has 1 aromatic carbocycles. The Labute approximate surface area is 115 Å². The molecular weight excluding hydrogens is 238 g/mol. The first kappa shape index (κ1) is 13.9. The van der Waals surface area contributed by atoms with Gasteiger partial charge in [0.05, 0.1) is 11.4 Å². The van der Waals surface area contributed by atoms with Gasteiger partial charge in [-0.15, -0.1) is 0 Å². The number of carbonyl (C=O) groups is 1. The number of aryl methyl sites for hydroxylation is 2.